The second kappa shape index (κ2) is 7.88. The van der Waals surface area contributed by atoms with E-state index in [1.165, 1.54) is 0 Å². The van der Waals surface area contributed by atoms with Crippen molar-refractivity contribution in [1.29, 1.82) is 0 Å². The Kier molecular flexibility index (Phi) is 6.82. The van der Waals surface area contributed by atoms with Crippen LogP contribution in [0.1, 0.15) is 37.8 Å². The lowest BCUT2D eigenvalue weighted by Gasteiger charge is -2.21. The summed E-state index contributed by atoms with van der Waals surface area (Å²) in [5, 5.41) is 3.17. The van der Waals surface area contributed by atoms with Crippen molar-refractivity contribution in [2.24, 2.45) is 0 Å². The third-order valence-electron chi connectivity index (χ3n) is 2.94. The van der Waals surface area contributed by atoms with E-state index in [0.717, 1.165) is 16.5 Å². The van der Waals surface area contributed by atoms with Crippen molar-refractivity contribution in [1.82, 2.24) is 5.32 Å². The summed E-state index contributed by atoms with van der Waals surface area (Å²) in [6, 6.07) is 5.00. The van der Waals surface area contributed by atoms with E-state index in [-0.39, 0.29) is 12.5 Å². The molecule has 0 heterocycles. The number of alkyl halides is 3. The number of methoxy groups -OCH3 is 1. The Labute approximate surface area is 125 Å². The number of halogens is 4. The van der Waals surface area contributed by atoms with E-state index in [1.807, 2.05) is 6.92 Å². The standard InChI is InChI=1S/C14H19BrF3NO/c1-3-8-19-13(6-7-14(16,17)18)11-5-4-10(20-2)9-12(11)15/h4-5,9,13,19H,3,6-8H2,1-2H3. The Hall–Kier alpha value is -0.750. The van der Waals surface area contributed by atoms with Crippen molar-refractivity contribution in [2.45, 2.75) is 38.4 Å². The average Bonchev–Trinajstić information content (AvgIpc) is 2.38. The zero-order chi connectivity index (χ0) is 15.2. The normalized spacial score (nSPS) is 13.3. The minimum Gasteiger partial charge on any atom is -0.497 e. The van der Waals surface area contributed by atoms with Gasteiger partial charge in [-0.2, -0.15) is 13.2 Å². The first-order valence-electron chi connectivity index (χ1n) is 6.51. The van der Waals surface area contributed by atoms with Crippen LogP contribution in [0.15, 0.2) is 22.7 Å². The fourth-order valence-corrected chi connectivity index (χ4v) is 2.55. The second-order valence-electron chi connectivity index (χ2n) is 4.55. The SMILES string of the molecule is CCCNC(CCC(F)(F)F)c1ccc(OC)cc1Br. The zero-order valence-corrected chi connectivity index (χ0v) is 13.1. The van der Waals surface area contributed by atoms with E-state index in [0.29, 0.717) is 12.3 Å². The molecule has 0 spiro atoms. The topological polar surface area (TPSA) is 21.3 Å². The van der Waals surface area contributed by atoms with Crippen molar-refractivity contribution in [2.75, 3.05) is 13.7 Å². The monoisotopic (exact) mass is 353 g/mol. The third-order valence-corrected chi connectivity index (χ3v) is 3.63. The van der Waals surface area contributed by atoms with Gasteiger partial charge < -0.3 is 10.1 Å². The van der Waals surface area contributed by atoms with Gasteiger partial charge in [-0.3, -0.25) is 0 Å². The number of rotatable bonds is 7. The van der Waals surface area contributed by atoms with Crippen LogP contribution in [0.3, 0.4) is 0 Å². The number of benzene rings is 1. The van der Waals surface area contributed by atoms with Crippen LogP contribution in [-0.4, -0.2) is 19.8 Å². The van der Waals surface area contributed by atoms with Crippen molar-refractivity contribution in [3.63, 3.8) is 0 Å². The zero-order valence-electron chi connectivity index (χ0n) is 11.6. The van der Waals surface area contributed by atoms with Gasteiger partial charge in [0.25, 0.3) is 0 Å². The molecule has 20 heavy (non-hydrogen) atoms. The lowest BCUT2D eigenvalue weighted by Crippen LogP contribution is -2.24. The van der Waals surface area contributed by atoms with Crippen LogP contribution in [0.4, 0.5) is 13.2 Å². The molecule has 0 amide bonds. The van der Waals surface area contributed by atoms with Crippen molar-refractivity contribution >= 4 is 15.9 Å². The molecule has 1 N–H and O–H groups in total. The highest BCUT2D eigenvalue weighted by molar-refractivity contribution is 9.10. The van der Waals surface area contributed by atoms with E-state index < -0.39 is 12.6 Å². The van der Waals surface area contributed by atoms with Crippen LogP contribution in [0.25, 0.3) is 0 Å². The molecule has 0 aliphatic heterocycles. The minimum atomic E-state index is -4.13. The summed E-state index contributed by atoms with van der Waals surface area (Å²) in [5.74, 6) is 0.672. The quantitative estimate of drug-likeness (QED) is 0.757. The van der Waals surface area contributed by atoms with Crippen LogP contribution >= 0.6 is 15.9 Å². The lowest BCUT2D eigenvalue weighted by molar-refractivity contribution is -0.136. The largest absolute Gasteiger partial charge is 0.497 e. The second-order valence-corrected chi connectivity index (χ2v) is 5.40. The van der Waals surface area contributed by atoms with Crippen molar-refractivity contribution in [3.8, 4) is 5.75 Å². The van der Waals surface area contributed by atoms with Gasteiger partial charge in [0, 0.05) is 16.9 Å². The molecule has 1 aromatic carbocycles. The van der Waals surface area contributed by atoms with Crippen LogP contribution in [0.5, 0.6) is 5.75 Å². The van der Waals surface area contributed by atoms with E-state index in [1.54, 1.807) is 25.3 Å². The molecule has 0 aromatic heterocycles. The molecule has 6 heteroatoms. The molecule has 0 aliphatic rings. The first kappa shape index (κ1) is 17.3. The smallest absolute Gasteiger partial charge is 0.389 e. The summed E-state index contributed by atoms with van der Waals surface area (Å²) < 4.78 is 43.1. The Morgan fingerprint density at radius 2 is 2.05 bits per heavy atom. The third kappa shape index (κ3) is 5.71. The van der Waals surface area contributed by atoms with Crippen molar-refractivity contribution < 1.29 is 17.9 Å². The molecule has 0 radical (unpaired) electrons. The average molecular weight is 354 g/mol. The fraction of sp³-hybridized carbons (Fsp3) is 0.571. The fourth-order valence-electron chi connectivity index (χ4n) is 1.91. The number of ether oxygens (including phenoxy) is 1. The molecule has 1 atom stereocenters. The lowest BCUT2D eigenvalue weighted by atomic mass is 10.0. The first-order chi connectivity index (χ1) is 9.37. The summed E-state index contributed by atoms with van der Waals surface area (Å²) in [7, 11) is 1.55. The van der Waals surface area contributed by atoms with Gasteiger partial charge in [-0.05, 0) is 37.1 Å². The van der Waals surface area contributed by atoms with Crippen LogP contribution < -0.4 is 10.1 Å². The number of hydrogen-bond acceptors (Lipinski definition) is 2. The highest BCUT2D eigenvalue weighted by atomic mass is 79.9. The highest BCUT2D eigenvalue weighted by Crippen LogP contribution is 2.33. The van der Waals surface area contributed by atoms with Gasteiger partial charge in [0.05, 0.1) is 7.11 Å². The molecular weight excluding hydrogens is 335 g/mol. The van der Waals surface area contributed by atoms with E-state index in [4.69, 9.17) is 4.74 Å². The molecule has 114 valence electrons. The molecule has 1 unspecified atom stereocenters. The molecule has 2 nitrogen and oxygen atoms in total. The summed E-state index contributed by atoms with van der Waals surface area (Å²) in [6.07, 6.45) is -4.04. The molecule has 0 saturated carbocycles. The molecular formula is C14H19BrF3NO. The predicted octanol–water partition coefficient (Wildman–Crippen LogP) is 4.84. The van der Waals surface area contributed by atoms with Gasteiger partial charge in [0.1, 0.15) is 5.75 Å². The summed E-state index contributed by atoms with van der Waals surface area (Å²) in [5.41, 5.74) is 0.823. The van der Waals surface area contributed by atoms with E-state index in [9.17, 15) is 13.2 Å². The van der Waals surface area contributed by atoms with Gasteiger partial charge in [-0.15, -0.1) is 0 Å². The molecule has 1 aromatic rings. The number of hydrogen-bond donors (Lipinski definition) is 1. The van der Waals surface area contributed by atoms with Crippen LogP contribution in [0, 0.1) is 0 Å². The molecule has 0 aliphatic carbocycles. The predicted molar refractivity (Wildman–Crippen MR) is 77.0 cm³/mol. The van der Waals surface area contributed by atoms with Gasteiger partial charge in [0.2, 0.25) is 0 Å². The van der Waals surface area contributed by atoms with E-state index >= 15 is 0 Å². The first-order valence-corrected chi connectivity index (χ1v) is 7.30. The molecule has 1 rings (SSSR count). The summed E-state index contributed by atoms with van der Waals surface area (Å²) in [6.45, 7) is 2.66. The maximum absolute atomic E-state index is 12.4. The maximum Gasteiger partial charge on any atom is 0.389 e. The summed E-state index contributed by atoms with van der Waals surface area (Å²) in [4.78, 5) is 0. The number of nitrogens with one attached hydrogen (secondary N) is 1. The van der Waals surface area contributed by atoms with Crippen molar-refractivity contribution in [3.05, 3.63) is 28.2 Å². The summed E-state index contributed by atoms with van der Waals surface area (Å²) >= 11 is 3.40. The minimum absolute atomic E-state index is 0.0223. The van der Waals surface area contributed by atoms with E-state index in [2.05, 4.69) is 21.2 Å². The maximum atomic E-state index is 12.4. The molecule has 0 bridgehead atoms. The molecule has 0 saturated heterocycles. The Balaban J connectivity index is 2.86. The van der Waals surface area contributed by atoms with Crippen LogP contribution in [0.2, 0.25) is 0 Å². The highest BCUT2D eigenvalue weighted by Gasteiger charge is 2.29. The Bertz CT molecular complexity index is 423. The van der Waals surface area contributed by atoms with Gasteiger partial charge >= 0.3 is 6.18 Å². The Morgan fingerprint density at radius 3 is 2.55 bits per heavy atom. The van der Waals surface area contributed by atoms with Gasteiger partial charge in [-0.25, -0.2) is 0 Å². The van der Waals surface area contributed by atoms with Gasteiger partial charge in [-0.1, -0.05) is 28.9 Å². The van der Waals surface area contributed by atoms with Gasteiger partial charge in [0.15, 0.2) is 0 Å². The van der Waals surface area contributed by atoms with Crippen LogP contribution in [-0.2, 0) is 0 Å². The molecule has 0 fully saturated rings. The Morgan fingerprint density at radius 1 is 1.35 bits per heavy atom.